The molecule has 1 rings (SSSR count). The van der Waals surface area contributed by atoms with Crippen molar-refractivity contribution < 1.29 is 19.4 Å². The van der Waals surface area contributed by atoms with E-state index < -0.39 is 23.5 Å². The van der Waals surface area contributed by atoms with Gasteiger partial charge in [0.1, 0.15) is 6.10 Å². The molecule has 2 atom stereocenters. The molecular formula is C15H20ClNO4. The van der Waals surface area contributed by atoms with E-state index in [1.165, 1.54) is 7.11 Å². The predicted molar refractivity (Wildman–Crippen MR) is 80.3 cm³/mol. The summed E-state index contributed by atoms with van der Waals surface area (Å²) in [7, 11) is 1.42. The molecule has 0 aliphatic heterocycles. The molecule has 1 aromatic rings. The van der Waals surface area contributed by atoms with Crippen LogP contribution in [0.25, 0.3) is 0 Å². The van der Waals surface area contributed by atoms with Crippen molar-refractivity contribution in [2.24, 2.45) is 0 Å². The minimum Gasteiger partial charge on any atom is -0.479 e. The van der Waals surface area contributed by atoms with Gasteiger partial charge in [-0.25, -0.2) is 4.79 Å². The molecular weight excluding hydrogens is 294 g/mol. The smallest absolute Gasteiger partial charge is 0.334 e. The van der Waals surface area contributed by atoms with Gasteiger partial charge in [0.05, 0.1) is 0 Å². The van der Waals surface area contributed by atoms with Gasteiger partial charge in [0.25, 0.3) is 0 Å². The van der Waals surface area contributed by atoms with Crippen molar-refractivity contribution in [3.05, 3.63) is 34.9 Å². The zero-order chi connectivity index (χ0) is 16.0. The highest BCUT2D eigenvalue weighted by molar-refractivity contribution is 6.30. The number of carboxylic acids is 1. The monoisotopic (exact) mass is 313 g/mol. The SMILES string of the molecule is CCC(OC)C(=O)NC(CC)(C(=O)O)c1ccc(Cl)cc1. The second-order valence-corrected chi connectivity index (χ2v) is 5.13. The molecule has 0 aliphatic rings. The summed E-state index contributed by atoms with van der Waals surface area (Å²) in [5.41, 5.74) is -1.02. The Bertz CT molecular complexity index is 499. The maximum Gasteiger partial charge on any atom is 0.334 e. The van der Waals surface area contributed by atoms with Gasteiger partial charge in [-0.15, -0.1) is 0 Å². The number of rotatable bonds is 7. The fourth-order valence-electron chi connectivity index (χ4n) is 2.18. The molecule has 1 amide bonds. The highest BCUT2D eigenvalue weighted by atomic mass is 35.5. The van der Waals surface area contributed by atoms with E-state index in [0.717, 1.165) is 0 Å². The molecule has 0 saturated heterocycles. The number of aliphatic carboxylic acids is 1. The summed E-state index contributed by atoms with van der Waals surface area (Å²) in [6, 6.07) is 6.41. The minimum absolute atomic E-state index is 0.204. The lowest BCUT2D eigenvalue weighted by molar-refractivity contribution is -0.150. The van der Waals surface area contributed by atoms with Crippen molar-refractivity contribution in [1.29, 1.82) is 0 Å². The largest absolute Gasteiger partial charge is 0.479 e. The minimum atomic E-state index is -1.49. The van der Waals surface area contributed by atoms with Crippen LogP contribution in [0.4, 0.5) is 0 Å². The average molecular weight is 314 g/mol. The normalized spacial score (nSPS) is 15.0. The van der Waals surface area contributed by atoms with Crippen molar-refractivity contribution in [1.82, 2.24) is 5.32 Å². The molecule has 0 spiro atoms. The molecule has 0 heterocycles. The predicted octanol–water partition coefficient (Wildman–Crippen LogP) is 2.57. The van der Waals surface area contributed by atoms with Crippen LogP contribution in [0.5, 0.6) is 0 Å². The first-order chi connectivity index (χ1) is 9.91. The van der Waals surface area contributed by atoms with E-state index >= 15 is 0 Å². The van der Waals surface area contributed by atoms with Gasteiger partial charge in [0.2, 0.25) is 5.91 Å². The van der Waals surface area contributed by atoms with Crippen LogP contribution in [0.3, 0.4) is 0 Å². The Hall–Kier alpha value is -1.59. The number of methoxy groups -OCH3 is 1. The molecule has 1 aromatic carbocycles. The Kier molecular flexibility index (Phi) is 6.18. The van der Waals surface area contributed by atoms with Crippen molar-refractivity contribution in [2.75, 3.05) is 7.11 Å². The Balaban J connectivity index is 3.18. The van der Waals surface area contributed by atoms with E-state index in [1.807, 2.05) is 0 Å². The fourth-order valence-corrected chi connectivity index (χ4v) is 2.30. The Labute approximate surface area is 129 Å². The molecule has 0 saturated carbocycles. The number of benzene rings is 1. The number of ether oxygens (including phenoxy) is 1. The molecule has 0 bridgehead atoms. The molecule has 0 fully saturated rings. The maximum atomic E-state index is 12.2. The van der Waals surface area contributed by atoms with E-state index in [-0.39, 0.29) is 6.42 Å². The summed E-state index contributed by atoms with van der Waals surface area (Å²) in [6.07, 6.45) is -0.0133. The van der Waals surface area contributed by atoms with Crippen molar-refractivity contribution in [2.45, 2.75) is 38.3 Å². The number of amides is 1. The van der Waals surface area contributed by atoms with E-state index in [1.54, 1.807) is 38.1 Å². The lowest BCUT2D eigenvalue weighted by Gasteiger charge is -2.31. The number of carboxylic acid groups (broad SMARTS) is 1. The van der Waals surface area contributed by atoms with Crippen molar-refractivity contribution in [3.63, 3.8) is 0 Å². The number of nitrogens with one attached hydrogen (secondary N) is 1. The zero-order valence-corrected chi connectivity index (χ0v) is 13.1. The summed E-state index contributed by atoms with van der Waals surface area (Å²) < 4.78 is 5.06. The maximum absolute atomic E-state index is 12.2. The summed E-state index contributed by atoms with van der Waals surface area (Å²) in [4.78, 5) is 24.0. The van der Waals surface area contributed by atoms with E-state index in [4.69, 9.17) is 16.3 Å². The number of hydrogen-bond donors (Lipinski definition) is 2. The third-order valence-electron chi connectivity index (χ3n) is 3.52. The Morgan fingerprint density at radius 3 is 2.29 bits per heavy atom. The Morgan fingerprint density at radius 1 is 1.33 bits per heavy atom. The molecule has 2 unspecified atom stereocenters. The first kappa shape index (κ1) is 17.5. The molecule has 0 aromatic heterocycles. The van der Waals surface area contributed by atoms with Gasteiger partial charge in [-0.05, 0) is 30.5 Å². The lowest BCUT2D eigenvalue weighted by Crippen LogP contribution is -2.54. The molecule has 0 radical (unpaired) electrons. The number of carbonyl (C=O) groups excluding carboxylic acids is 1. The van der Waals surface area contributed by atoms with Gasteiger partial charge < -0.3 is 15.2 Å². The molecule has 6 heteroatoms. The molecule has 2 N–H and O–H groups in total. The van der Waals surface area contributed by atoms with Gasteiger partial charge in [-0.2, -0.15) is 0 Å². The average Bonchev–Trinajstić information content (AvgIpc) is 2.46. The van der Waals surface area contributed by atoms with Gasteiger partial charge in [-0.1, -0.05) is 37.6 Å². The molecule has 0 aliphatic carbocycles. The van der Waals surface area contributed by atoms with Crippen molar-refractivity contribution >= 4 is 23.5 Å². The standard InChI is InChI=1S/C15H20ClNO4/c1-4-12(21-3)13(18)17-15(5-2,14(19)20)10-6-8-11(16)9-7-10/h6-9,12H,4-5H2,1-3H3,(H,17,18)(H,19,20). The second kappa shape index (κ2) is 7.43. The quantitative estimate of drug-likeness (QED) is 0.811. The first-order valence-electron chi connectivity index (χ1n) is 6.75. The summed E-state index contributed by atoms with van der Waals surface area (Å²) in [6.45, 7) is 3.50. The van der Waals surface area contributed by atoms with E-state index in [0.29, 0.717) is 17.0 Å². The third-order valence-corrected chi connectivity index (χ3v) is 3.77. The highest BCUT2D eigenvalue weighted by Gasteiger charge is 2.41. The third kappa shape index (κ3) is 3.74. The zero-order valence-electron chi connectivity index (χ0n) is 12.4. The van der Waals surface area contributed by atoms with Crippen LogP contribution < -0.4 is 5.32 Å². The van der Waals surface area contributed by atoms with Gasteiger partial charge in [-0.3, -0.25) is 4.79 Å². The number of hydrogen-bond acceptors (Lipinski definition) is 3. The van der Waals surface area contributed by atoms with Crippen LogP contribution in [-0.2, 0) is 19.9 Å². The molecule has 5 nitrogen and oxygen atoms in total. The van der Waals surface area contributed by atoms with Gasteiger partial charge in [0.15, 0.2) is 5.54 Å². The van der Waals surface area contributed by atoms with Crippen molar-refractivity contribution in [3.8, 4) is 0 Å². The molecule has 21 heavy (non-hydrogen) atoms. The van der Waals surface area contributed by atoms with Crippen LogP contribution >= 0.6 is 11.6 Å². The summed E-state index contributed by atoms with van der Waals surface area (Å²) in [5.74, 6) is -1.56. The van der Waals surface area contributed by atoms with Crippen LogP contribution in [0.1, 0.15) is 32.3 Å². The van der Waals surface area contributed by atoms with Gasteiger partial charge in [0, 0.05) is 12.1 Å². The lowest BCUT2D eigenvalue weighted by atomic mass is 9.87. The van der Waals surface area contributed by atoms with Gasteiger partial charge >= 0.3 is 5.97 Å². The molecule has 116 valence electrons. The topological polar surface area (TPSA) is 75.6 Å². The van der Waals surface area contributed by atoms with E-state index in [9.17, 15) is 14.7 Å². The summed E-state index contributed by atoms with van der Waals surface area (Å²) in [5, 5.41) is 12.7. The van der Waals surface area contributed by atoms with Crippen LogP contribution in [-0.4, -0.2) is 30.2 Å². The van der Waals surface area contributed by atoms with Crippen LogP contribution in [0.2, 0.25) is 5.02 Å². The second-order valence-electron chi connectivity index (χ2n) is 4.69. The Morgan fingerprint density at radius 2 is 1.90 bits per heavy atom. The van der Waals surface area contributed by atoms with Crippen LogP contribution in [0, 0.1) is 0 Å². The fraction of sp³-hybridized carbons (Fsp3) is 0.467. The first-order valence-corrected chi connectivity index (χ1v) is 7.13. The van der Waals surface area contributed by atoms with Crippen LogP contribution in [0.15, 0.2) is 24.3 Å². The highest BCUT2D eigenvalue weighted by Crippen LogP contribution is 2.27. The number of halogens is 1. The van der Waals surface area contributed by atoms with E-state index in [2.05, 4.69) is 5.32 Å². The number of carbonyl (C=O) groups is 2. The summed E-state index contributed by atoms with van der Waals surface area (Å²) >= 11 is 5.83.